The Balaban J connectivity index is 2.02. The van der Waals surface area contributed by atoms with Gasteiger partial charge in [-0.1, -0.05) is 15.9 Å². The van der Waals surface area contributed by atoms with E-state index in [-0.39, 0.29) is 6.10 Å². The Bertz CT molecular complexity index is 413. The van der Waals surface area contributed by atoms with Crippen LogP contribution in [0.2, 0.25) is 0 Å². The Morgan fingerprint density at radius 1 is 1.65 bits per heavy atom. The number of nitrogens with one attached hydrogen (secondary N) is 1. The first kappa shape index (κ1) is 12.7. The minimum Gasteiger partial charge on any atom is -0.397 e. The molecule has 0 spiro atoms. The minimum atomic E-state index is -0.806. The van der Waals surface area contributed by atoms with Gasteiger partial charge in [0.05, 0.1) is 17.5 Å². The predicted octanol–water partition coefficient (Wildman–Crippen LogP) is 1.98. The quantitative estimate of drug-likeness (QED) is 0.747. The van der Waals surface area contributed by atoms with Crippen LogP contribution in [0.1, 0.15) is 13.3 Å². The topological polar surface area (TPSA) is 67.5 Å². The molecular formula is C12H17BrN2O2. The number of nitrogen functional groups attached to an aromatic ring is 1. The maximum Gasteiger partial charge on any atom is 0.110 e. The smallest absolute Gasteiger partial charge is 0.110 e. The van der Waals surface area contributed by atoms with Crippen molar-refractivity contribution in [1.29, 1.82) is 0 Å². The normalized spacial score (nSPS) is 28.3. The third kappa shape index (κ3) is 2.73. The van der Waals surface area contributed by atoms with Crippen molar-refractivity contribution in [3.8, 4) is 0 Å². The summed E-state index contributed by atoms with van der Waals surface area (Å²) in [4.78, 5) is 0. The summed E-state index contributed by atoms with van der Waals surface area (Å²) in [6.45, 7) is 2.94. The molecule has 0 aromatic heterocycles. The molecule has 1 saturated heterocycles. The maximum absolute atomic E-state index is 10.3. The molecule has 1 aromatic carbocycles. The number of hydrogen-bond acceptors (Lipinski definition) is 4. The van der Waals surface area contributed by atoms with Gasteiger partial charge in [0.25, 0.3) is 0 Å². The van der Waals surface area contributed by atoms with Gasteiger partial charge in [0.15, 0.2) is 0 Å². The highest BCUT2D eigenvalue weighted by Crippen LogP contribution is 2.28. The van der Waals surface area contributed by atoms with Crippen LogP contribution in [0.3, 0.4) is 0 Å². The molecular weight excluding hydrogens is 284 g/mol. The van der Waals surface area contributed by atoms with Crippen molar-refractivity contribution in [2.75, 3.05) is 24.2 Å². The fourth-order valence-corrected chi connectivity index (χ4v) is 2.32. The number of ether oxygens (including phenoxy) is 1. The highest BCUT2D eigenvalue weighted by atomic mass is 79.9. The van der Waals surface area contributed by atoms with Crippen LogP contribution in [-0.2, 0) is 4.74 Å². The molecule has 1 aliphatic heterocycles. The average Bonchev–Trinajstić information content (AvgIpc) is 2.59. The lowest BCUT2D eigenvalue weighted by molar-refractivity contribution is -0.0175. The van der Waals surface area contributed by atoms with Crippen LogP contribution in [0.25, 0.3) is 0 Å². The highest BCUT2D eigenvalue weighted by molar-refractivity contribution is 9.10. The molecule has 2 unspecified atom stereocenters. The van der Waals surface area contributed by atoms with E-state index in [0.29, 0.717) is 25.3 Å². The van der Waals surface area contributed by atoms with Gasteiger partial charge in [-0.25, -0.2) is 0 Å². The average molecular weight is 301 g/mol. The van der Waals surface area contributed by atoms with Gasteiger partial charge in [-0.05, 0) is 25.1 Å². The molecule has 17 heavy (non-hydrogen) atoms. The Morgan fingerprint density at radius 3 is 3.00 bits per heavy atom. The number of benzene rings is 1. The summed E-state index contributed by atoms with van der Waals surface area (Å²) in [6, 6.07) is 5.64. The molecule has 0 saturated carbocycles. The molecule has 5 heteroatoms. The molecule has 1 heterocycles. The van der Waals surface area contributed by atoms with E-state index in [1.54, 1.807) is 0 Å². The van der Waals surface area contributed by atoms with Crippen LogP contribution in [0.4, 0.5) is 11.4 Å². The molecule has 1 aromatic rings. The summed E-state index contributed by atoms with van der Waals surface area (Å²) in [5, 5.41) is 13.5. The summed E-state index contributed by atoms with van der Waals surface area (Å²) in [6.07, 6.45) is 0.504. The van der Waals surface area contributed by atoms with Crippen molar-refractivity contribution in [3.05, 3.63) is 22.7 Å². The lowest BCUT2D eigenvalue weighted by atomic mass is 9.96. The molecule has 4 N–H and O–H groups in total. The van der Waals surface area contributed by atoms with E-state index in [1.807, 2.05) is 25.1 Å². The van der Waals surface area contributed by atoms with Crippen molar-refractivity contribution in [2.45, 2.75) is 25.0 Å². The van der Waals surface area contributed by atoms with Crippen molar-refractivity contribution in [2.24, 2.45) is 0 Å². The van der Waals surface area contributed by atoms with Gasteiger partial charge in [-0.15, -0.1) is 0 Å². The van der Waals surface area contributed by atoms with Crippen LogP contribution in [0, 0.1) is 0 Å². The highest BCUT2D eigenvalue weighted by Gasteiger charge is 2.39. The summed E-state index contributed by atoms with van der Waals surface area (Å²) in [5.74, 6) is 0. The molecule has 0 amide bonds. The first-order chi connectivity index (χ1) is 8.01. The number of anilines is 2. The molecule has 0 aliphatic carbocycles. The van der Waals surface area contributed by atoms with E-state index in [2.05, 4.69) is 21.2 Å². The molecule has 2 rings (SSSR count). The van der Waals surface area contributed by atoms with E-state index in [9.17, 15) is 5.11 Å². The van der Waals surface area contributed by atoms with E-state index < -0.39 is 5.60 Å². The standard InChI is InChI=1S/C12H17BrN2O2/c1-8-12(16,4-5-17-8)7-15-11-3-2-9(13)6-10(11)14/h2-3,6,8,15-16H,4-5,7,14H2,1H3. The Kier molecular flexibility index (Phi) is 3.61. The third-order valence-corrected chi connectivity index (χ3v) is 3.75. The molecule has 0 bridgehead atoms. The number of halogens is 1. The van der Waals surface area contributed by atoms with Gasteiger partial charge in [0.1, 0.15) is 5.60 Å². The van der Waals surface area contributed by atoms with Gasteiger partial charge in [-0.3, -0.25) is 0 Å². The van der Waals surface area contributed by atoms with Gasteiger partial charge < -0.3 is 20.9 Å². The molecule has 1 fully saturated rings. The fourth-order valence-electron chi connectivity index (χ4n) is 1.95. The van der Waals surface area contributed by atoms with Gasteiger partial charge >= 0.3 is 0 Å². The first-order valence-electron chi connectivity index (χ1n) is 5.64. The largest absolute Gasteiger partial charge is 0.397 e. The van der Waals surface area contributed by atoms with Crippen LogP contribution in [-0.4, -0.2) is 30.0 Å². The number of aliphatic hydroxyl groups is 1. The van der Waals surface area contributed by atoms with Crippen LogP contribution in [0.5, 0.6) is 0 Å². The number of hydrogen-bond donors (Lipinski definition) is 3. The molecule has 94 valence electrons. The second kappa shape index (κ2) is 4.84. The monoisotopic (exact) mass is 300 g/mol. The van der Waals surface area contributed by atoms with Gasteiger partial charge in [0, 0.05) is 24.0 Å². The van der Waals surface area contributed by atoms with E-state index in [4.69, 9.17) is 10.5 Å². The zero-order chi connectivity index (χ0) is 12.5. The second-order valence-electron chi connectivity index (χ2n) is 4.45. The van der Waals surface area contributed by atoms with Crippen molar-refractivity contribution >= 4 is 27.3 Å². The lowest BCUT2D eigenvalue weighted by Crippen LogP contribution is -2.43. The van der Waals surface area contributed by atoms with Gasteiger partial charge in [0.2, 0.25) is 0 Å². The maximum atomic E-state index is 10.3. The zero-order valence-electron chi connectivity index (χ0n) is 9.74. The number of rotatable bonds is 3. The Morgan fingerprint density at radius 2 is 2.41 bits per heavy atom. The van der Waals surface area contributed by atoms with Crippen LogP contribution in [0.15, 0.2) is 22.7 Å². The van der Waals surface area contributed by atoms with Crippen molar-refractivity contribution in [1.82, 2.24) is 0 Å². The van der Waals surface area contributed by atoms with E-state index in [0.717, 1.165) is 10.2 Å². The van der Waals surface area contributed by atoms with Crippen molar-refractivity contribution in [3.63, 3.8) is 0 Å². The molecule has 4 nitrogen and oxygen atoms in total. The van der Waals surface area contributed by atoms with Crippen molar-refractivity contribution < 1.29 is 9.84 Å². The minimum absolute atomic E-state index is 0.147. The predicted molar refractivity (Wildman–Crippen MR) is 72.0 cm³/mol. The summed E-state index contributed by atoms with van der Waals surface area (Å²) in [7, 11) is 0. The summed E-state index contributed by atoms with van der Waals surface area (Å²) < 4.78 is 6.32. The zero-order valence-corrected chi connectivity index (χ0v) is 11.3. The SMILES string of the molecule is CC1OCCC1(O)CNc1ccc(Br)cc1N. The fraction of sp³-hybridized carbons (Fsp3) is 0.500. The molecule has 1 aliphatic rings. The summed E-state index contributed by atoms with van der Waals surface area (Å²) in [5.41, 5.74) is 6.57. The Labute approximate surface area is 109 Å². The Hall–Kier alpha value is -0.780. The number of nitrogens with two attached hydrogens (primary N) is 1. The molecule has 0 radical (unpaired) electrons. The van der Waals surface area contributed by atoms with E-state index >= 15 is 0 Å². The first-order valence-corrected chi connectivity index (χ1v) is 6.43. The van der Waals surface area contributed by atoms with Gasteiger partial charge in [-0.2, -0.15) is 0 Å². The third-order valence-electron chi connectivity index (χ3n) is 3.26. The second-order valence-corrected chi connectivity index (χ2v) is 5.37. The van der Waals surface area contributed by atoms with Crippen LogP contribution < -0.4 is 11.1 Å². The van der Waals surface area contributed by atoms with E-state index in [1.165, 1.54) is 0 Å². The lowest BCUT2D eigenvalue weighted by Gasteiger charge is -2.27. The molecule has 2 atom stereocenters. The van der Waals surface area contributed by atoms with Crippen LogP contribution >= 0.6 is 15.9 Å². The summed E-state index contributed by atoms with van der Waals surface area (Å²) >= 11 is 3.36.